The van der Waals surface area contributed by atoms with Gasteiger partial charge in [-0.15, -0.1) is 6.58 Å². The van der Waals surface area contributed by atoms with Crippen molar-refractivity contribution < 1.29 is 14.7 Å². The smallest absolute Gasteiger partial charge is 0.325 e. The molecule has 5 nitrogen and oxygen atoms in total. The molecule has 1 heterocycles. The lowest BCUT2D eigenvalue weighted by Crippen LogP contribution is -2.50. The molecule has 1 aromatic rings. The Balaban J connectivity index is 2.31. The Morgan fingerprint density at radius 1 is 1.48 bits per heavy atom. The molecule has 1 atom stereocenters. The molecule has 1 aliphatic rings. The van der Waals surface area contributed by atoms with Gasteiger partial charge in [0.1, 0.15) is 6.54 Å². The summed E-state index contributed by atoms with van der Waals surface area (Å²) < 4.78 is 0. The summed E-state index contributed by atoms with van der Waals surface area (Å²) in [5, 5.41) is 8.97. The summed E-state index contributed by atoms with van der Waals surface area (Å²) in [6, 6.07) is 7.54. The molecule has 1 N–H and O–H groups in total. The maximum Gasteiger partial charge on any atom is 0.325 e. The second-order valence-corrected chi connectivity index (χ2v) is 5.23. The van der Waals surface area contributed by atoms with Crippen molar-refractivity contribution in [3.63, 3.8) is 0 Å². The Bertz CT molecular complexity index is 556. The van der Waals surface area contributed by atoms with E-state index in [-0.39, 0.29) is 25.2 Å². The fourth-order valence-electron chi connectivity index (χ4n) is 2.66. The van der Waals surface area contributed by atoms with Gasteiger partial charge in [-0.2, -0.15) is 0 Å². The first-order valence-corrected chi connectivity index (χ1v) is 7.03. The molecule has 2 amide bonds. The van der Waals surface area contributed by atoms with Crippen LogP contribution >= 0.6 is 0 Å². The van der Waals surface area contributed by atoms with Crippen LogP contribution in [0.5, 0.6) is 0 Å². The minimum absolute atomic E-state index is 0.0495. The molecule has 0 bridgehead atoms. The highest BCUT2D eigenvalue weighted by molar-refractivity contribution is 5.95. The Hall–Kier alpha value is -2.30. The van der Waals surface area contributed by atoms with E-state index in [1.54, 1.807) is 11.0 Å². The number of aryl methyl sites for hydroxylation is 1. The minimum atomic E-state index is -1.02. The molecule has 0 aromatic heterocycles. The SMILES string of the molecule is C=CCN(CC(=O)O)C(=O)N1c2ccccc2CCC1C. The number of urea groups is 1. The molecule has 0 aliphatic carbocycles. The number of aliphatic carboxylic acids is 1. The molecule has 0 saturated heterocycles. The summed E-state index contributed by atoms with van der Waals surface area (Å²) in [7, 11) is 0. The Morgan fingerprint density at radius 2 is 2.19 bits per heavy atom. The minimum Gasteiger partial charge on any atom is -0.480 e. The number of carboxylic acid groups (broad SMARTS) is 1. The lowest BCUT2D eigenvalue weighted by Gasteiger charge is -2.38. The highest BCUT2D eigenvalue weighted by Gasteiger charge is 2.31. The molecule has 1 unspecified atom stereocenters. The molecule has 5 heteroatoms. The normalized spacial score (nSPS) is 17.0. The average molecular weight is 288 g/mol. The van der Waals surface area contributed by atoms with Crippen molar-refractivity contribution in [3.8, 4) is 0 Å². The summed E-state index contributed by atoms with van der Waals surface area (Å²) in [5.74, 6) is -1.02. The van der Waals surface area contributed by atoms with Gasteiger partial charge in [0.05, 0.1) is 0 Å². The van der Waals surface area contributed by atoms with Gasteiger partial charge in [0, 0.05) is 18.3 Å². The summed E-state index contributed by atoms with van der Waals surface area (Å²) in [6.07, 6.45) is 3.35. The van der Waals surface area contributed by atoms with E-state index < -0.39 is 5.97 Å². The number of amides is 2. The Labute approximate surface area is 124 Å². The van der Waals surface area contributed by atoms with Crippen LogP contribution < -0.4 is 4.90 Å². The monoisotopic (exact) mass is 288 g/mol. The van der Waals surface area contributed by atoms with Gasteiger partial charge in [-0.3, -0.25) is 9.69 Å². The zero-order chi connectivity index (χ0) is 15.4. The molecule has 0 spiro atoms. The summed E-state index contributed by atoms with van der Waals surface area (Å²) >= 11 is 0. The van der Waals surface area contributed by atoms with Gasteiger partial charge >= 0.3 is 12.0 Å². The van der Waals surface area contributed by atoms with E-state index in [1.807, 2.05) is 31.2 Å². The third-order valence-corrected chi connectivity index (χ3v) is 3.68. The first kappa shape index (κ1) is 15.1. The summed E-state index contributed by atoms with van der Waals surface area (Å²) in [5.41, 5.74) is 2.00. The molecule has 0 radical (unpaired) electrons. The van der Waals surface area contributed by atoms with Crippen LogP contribution in [0.15, 0.2) is 36.9 Å². The number of nitrogens with zero attached hydrogens (tertiary/aromatic N) is 2. The molecule has 0 saturated carbocycles. The maximum absolute atomic E-state index is 12.7. The summed E-state index contributed by atoms with van der Waals surface area (Å²) in [4.78, 5) is 26.7. The molecule has 0 fully saturated rings. The third-order valence-electron chi connectivity index (χ3n) is 3.68. The lowest BCUT2D eigenvalue weighted by molar-refractivity contribution is -0.137. The highest BCUT2D eigenvalue weighted by Crippen LogP contribution is 2.31. The highest BCUT2D eigenvalue weighted by atomic mass is 16.4. The van der Waals surface area contributed by atoms with E-state index in [1.165, 1.54) is 4.90 Å². The second kappa shape index (κ2) is 6.43. The molecule has 1 aliphatic heterocycles. The summed E-state index contributed by atoms with van der Waals surface area (Å²) in [6.45, 7) is 5.48. The maximum atomic E-state index is 12.7. The number of carbonyl (C=O) groups is 2. The van der Waals surface area contributed by atoms with E-state index >= 15 is 0 Å². The number of hydrogen-bond acceptors (Lipinski definition) is 2. The molecule has 2 rings (SSSR count). The topological polar surface area (TPSA) is 60.9 Å². The van der Waals surface area contributed by atoms with Crippen LogP contribution in [0.3, 0.4) is 0 Å². The van der Waals surface area contributed by atoms with Crippen molar-refractivity contribution in [2.45, 2.75) is 25.8 Å². The van der Waals surface area contributed by atoms with Crippen LogP contribution in [0, 0.1) is 0 Å². The van der Waals surface area contributed by atoms with E-state index in [0.717, 1.165) is 24.1 Å². The fraction of sp³-hybridized carbons (Fsp3) is 0.375. The molecular formula is C16H20N2O3. The number of anilines is 1. The van der Waals surface area contributed by atoms with Crippen LogP contribution in [0.1, 0.15) is 18.9 Å². The molecule has 21 heavy (non-hydrogen) atoms. The predicted octanol–water partition coefficient (Wildman–Crippen LogP) is 2.52. The Morgan fingerprint density at radius 3 is 2.86 bits per heavy atom. The first-order valence-electron chi connectivity index (χ1n) is 7.03. The predicted molar refractivity (Wildman–Crippen MR) is 81.5 cm³/mol. The fourth-order valence-corrected chi connectivity index (χ4v) is 2.66. The first-order chi connectivity index (χ1) is 10.0. The van der Waals surface area contributed by atoms with Gasteiger partial charge in [-0.25, -0.2) is 4.79 Å². The number of benzene rings is 1. The zero-order valence-electron chi connectivity index (χ0n) is 12.2. The van der Waals surface area contributed by atoms with Crippen LogP contribution in [0.4, 0.5) is 10.5 Å². The van der Waals surface area contributed by atoms with Crippen molar-refractivity contribution in [1.82, 2.24) is 4.90 Å². The number of carbonyl (C=O) groups excluding carboxylic acids is 1. The zero-order valence-corrected chi connectivity index (χ0v) is 12.2. The largest absolute Gasteiger partial charge is 0.480 e. The number of hydrogen-bond donors (Lipinski definition) is 1. The second-order valence-electron chi connectivity index (χ2n) is 5.23. The van der Waals surface area contributed by atoms with Crippen LogP contribution in [-0.2, 0) is 11.2 Å². The van der Waals surface area contributed by atoms with Gasteiger partial charge in [-0.05, 0) is 31.4 Å². The average Bonchev–Trinajstić information content (AvgIpc) is 2.45. The van der Waals surface area contributed by atoms with Gasteiger partial charge < -0.3 is 10.0 Å². The van der Waals surface area contributed by atoms with Crippen molar-refractivity contribution in [1.29, 1.82) is 0 Å². The number of rotatable bonds is 4. The Kier molecular flexibility index (Phi) is 4.62. The van der Waals surface area contributed by atoms with E-state index in [0.29, 0.717) is 0 Å². The van der Waals surface area contributed by atoms with Gasteiger partial charge in [-0.1, -0.05) is 24.3 Å². The number of para-hydroxylation sites is 1. The van der Waals surface area contributed by atoms with E-state index in [4.69, 9.17) is 5.11 Å². The number of fused-ring (bicyclic) bond motifs is 1. The van der Waals surface area contributed by atoms with Crippen LogP contribution in [0.2, 0.25) is 0 Å². The number of carboxylic acids is 1. The van der Waals surface area contributed by atoms with E-state index in [2.05, 4.69) is 6.58 Å². The van der Waals surface area contributed by atoms with Crippen molar-refractivity contribution in [3.05, 3.63) is 42.5 Å². The van der Waals surface area contributed by atoms with Crippen LogP contribution in [0.25, 0.3) is 0 Å². The van der Waals surface area contributed by atoms with Crippen molar-refractivity contribution >= 4 is 17.7 Å². The van der Waals surface area contributed by atoms with Crippen LogP contribution in [-0.4, -0.2) is 41.1 Å². The van der Waals surface area contributed by atoms with Gasteiger partial charge in [0.25, 0.3) is 0 Å². The van der Waals surface area contributed by atoms with Crippen molar-refractivity contribution in [2.75, 3.05) is 18.0 Å². The van der Waals surface area contributed by atoms with Gasteiger partial charge in [0.2, 0.25) is 0 Å². The lowest BCUT2D eigenvalue weighted by atomic mass is 9.97. The standard InChI is InChI=1S/C16H20N2O3/c1-3-10-17(11-15(19)20)16(21)18-12(2)8-9-13-6-4-5-7-14(13)18/h3-7,12H,1,8-11H2,2H3,(H,19,20). The van der Waals surface area contributed by atoms with Gasteiger partial charge in [0.15, 0.2) is 0 Å². The molecule has 112 valence electrons. The quantitative estimate of drug-likeness (QED) is 0.866. The third kappa shape index (κ3) is 3.24. The molecule has 1 aromatic carbocycles. The molecular weight excluding hydrogens is 268 g/mol. The van der Waals surface area contributed by atoms with E-state index in [9.17, 15) is 9.59 Å². The van der Waals surface area contributed by atoms with Crippen molar-refractivity contribution in [2.24, 2.45) is 0 Å².